The van der Waals surface area contributed by atoms with Gasteiger partial charge in [-0.25, -0.2) is 12.7 Å². The molecular weight excluding hydrogens is 388 g/mol. The van der Waals surface area contributed by atoms with Crippen LogP contribution in [0, 0.1) is 5.92 Å². The number of carbonyl (C=O) groups excluding carboxylic acids is 2. The molecule has 1 aliphatic heterocycles. The Morgan fingerprint density at radius 2 is 1.69 bits per heavy atom. The predicted octanol–water partition coefficient (Wildman–Crippen LogP) is 3.51. The van der Waals surface area contributed by atoms with E-state index in [0.29, 0.717) is 5.92 Å². The molecule has 0 aromatic heterocycles. The van der Waals surface area contributed by atoms with Crippen molar-refractivity contribution in [3.8, 4) is 0 Å². The van der Waals surface area contributed by atoms with Crippen LogP contribution in [0.5, 0.6) is 0 Å². The van der Waals surface area contributed by atoms with Crippen molar-refractivity contribution in [1.82, 2.24) is 9.62 Å². The topological polar surface area (TPSA) is 83.6 Å². The Bertz CT molecular complexity index is 987. The van der Waals surface area contributed by atoms with Crippen molar-refractivity contribution in [2.24, 2.45) is 5.92 Å². The van der Waals surface area contributed by atoms with E-state index in [1.54, 1.807) is 12.1 Å². The first-order valence-corrected chi connectivity index (χ1v) is 11.2. The fourth-order valence-electron chi connectivity index (χ4n) is 3.54. The monoisotopic (exact) mass is 414 g/mol. The smallest absolute Gasteiger partial charge is 0.269 e. The number of carbonyl (C=O) groups is 2. The van der Waals surface area contributed by atoms with Crippen LogP contribution < -0.4 is 5.32 Å². The average molecular weight is 415 g/mol. The molecule has 1 N–H and O–H groups in total. The van der Waals surface area contributed by atoms with Gasteiger partial charge >= 0.3 is 0 Å². The van der Waals surface area contributed by atoms with Crippen LogP contribution in [0.25, 0.3) is 0 Å². The number of hydrogen-bond donors (Lipinski definition) is 1. The van der Waals surface area contributed by atoms with E-state index in [1.807, 2.05) is 30.3 Å². The number of nitrogens with zero attached hydrogens (tertiary/aromatic N) is 1. The summed E-state index contributed by atoms with van der Waals surface area (Å²) in [5, 5.41) is 3.05. The minimum Gasteiger partial charge on any atom is -0.349 e. The van der Waals surface area contributed by atoms with Crippen LogP contribution in [-0.2, 0) is 14.8 Å². The minimum absolute atomic E-state index is 0.0105. The Kier molecular flexibility index (Phi) is 6.37. The van der Waals surface area contributed by atoms with Crippen molar-refractivity contribution >= 4 is 21.8 Å². The maximum atomic E-state index is 12.6. The Morgan fingerprint density at radius 3 is 2.34 bits per heavy atom. The van der Waals surface area contributed by atoms with Crippen molar-refractivity contribution in [1.29, 1.82) is 0 Å². The number of sulfonamides is 1. The first-order chi connectivity index (χ1) is 13.8. The van der Waals surface area contributed by atoms with Crippen LogP contribution >= 0.6 is 0 Å². The van der Waals surface area contributed by atoms with Gasteiger partial charge in [-0.3, -0.25) is 9.59 Å². The first kappa shape index (κ1) is 21.0. The van der Waals surface area contributed by atoms with Crippen molar-refractivity contribution in [2.75, 3.05) is 6.54 Å². The van der Waals surface area contributed by atoms with E-state index in [-0.39, 0.29) is 41.8 Å². The van der Waals surface area contributed by atoms with Gasteiger partial charge in [0, 0.05) is 13.0 Å². The zero-order valence-corrected chi connectivity index (χ0v) is 17.5. The first-order valence-electron chi connectivity index (χ1n) is 9.81. The van der Waals surface area contributed by atoms with Crippen LogP contribution in [0.2, 0.25) is 0 Å². The van der Waals surface area contributed by atoms with Crippen molar-refractivity contribution in [2.45, 2.75) is 44.0 Å². The van der Waals surface area contributed by atoms with Crippen LogP contribution in [0.1, 0.15) is 55.1 Å². The van der Waals surface area contributed by atoms with Crippen molar-refractivity contribution < 1.29 is 18.0 Å². The molecule has 2 amide bonds. The van der Waals surface area contributed by atoms with Gasteiger partial charge in [-0.15, -0.1) is 0 Å². The number of amides is 2. The largest absolute Gasteiger partial charge is 0.349 e. The SMILES string of the molecule is CC(C)CC(NC(=O)CCCN1C(=O)c2ccccc2S1(=O)=O)c1ccccc1. The lowest BCUT2D eigenvalue weighted by Gasteiger charge is -2.21. The Balaban J connectivity index is 1.59. The second-order valence-electron chi connectivity index (χ2n) is 7.64. The minimum atomic E-state index is -3.82. The molecule has 1 heterocycles. The van der Waals surface area contributed by atoms with Crippen LogP contribution in [0.3, 0.4) is 0 Å². The van der Waals surface area contributed by atoms with Gasteiger partial charge in [0.05, 0.1) is 11.6 Å². The third-order valence-electron chi connectivity index (χ3n) is 4.92. The molecule has 0 radical (unpaired) electrons. The summed E-state index contributed by atoms with van der Waals surface area (Å²) < 4.78 is 26.0. The summed E-state index contributed by atoms with van der Waals surface area (Å²) in [6.07, 6.45) is 1.23. The number of rotatable bonds is 8. The van der Waals surface area contributed by atoms with Crippen molar-refractivity contribution in [3.63, 3.8) is 0 Å². The Morgan fingerprint density at radius 1 is 1.03 bits per heavy atom. The molecular formula is C22H26N2O4S. The number of benzene rings is 2. The highest BCUT2D eigenvalue weighted by Crippen LogP contribution is 2.30. The summed E-state index contributed by atoms with van der Waals surface area (Å²) in [5.41, 5.74) is 1.24. The lowest BCUT2D eigenvalue weighted by atomic mass is 9.97. The third kappa shape index (κ3) is 4.67. The van der Waals surface area contributed by atoms with Crippen LogP contribution in [0.4, 0.5) is 0 Å². The zero-order valence-electron chi connectivity index (χ0n) is 16.7. The lowest BCUT2D eigenvalue weighted by molar-refractivity contribution is -0.122. The van der Waals surface area contributed by atoms with E-state index in [1.165, 1.54) is 12.1 Å². The predicted molar refractivity (Wildman–Crippen MR) is 111 cm³/mol. The number of hydrogen-bond acceptors (Lipinski definition) is 4. The molecule has 7 heteroatoms. The zero-order chi connectivity index (χ0) is 21.0. The van der Waals surface area contributed by atoms with Crippen LogP contribution in [-0.4, -0.2) is 31.1 Å². The summed E-state index contributed by atoms with van der Waals surface area (Å²) in [7, 11) is -3.82. The molecule has 3 rings (SSSR count). The molecule has 6 nitrogen and oxygen atoms in total. The highest BCUT2D eigenvalue weighted by molar-refractivity contribution is 7.90. The van der Waals surface area contributed by atoms with E-state index >= 15 is 0 Å². The Hall–Kier alpha value is -2.67. The summed E-state index contributed by atoms with van der Waals surface area (Å²) in [5.74, 6) is -0.268. The van der Waals surface area contributed by atoms with E-state index in [0.717, 1.165) is 16.3 Å². The van der Waals surface area contributed by atoms with Gasteiger partial charge in [-0.1, -0.05) is 56.3 Å². The number of fused-ring (bicyclic) bond motifs is 1. The Labute approximate surface area is 172 Å². The van der Waals surface area contributed by atoms with E-state index in [2.05, 4.69) is 19.2 Å². The molecule has 29 heavy (non-hydrogen) atoms. The van der Waals surface area contributed by atoms with E-state index < -0.39 is 15.9 Å². The highest BCUT2D eigenvalue weighted by atomic mass is 32.2. The summed E-state index contributed by atoms with van der Waals surface area (Å²) >= 11 is 0. The molecule has 0 bridgehead atoms. The molecule has 0 saturated heterocycles. The quantitative estimate of drug-likeness (QED) is 0.716. The molecule has 2 aromatic carbocycles. The van der Waals surface area contributed by atoms with Crippen LogP contribution in [0.15, 0.2) is 59.5 Å². The molecule has 1 atom stereocenters. The molecule has 0 spiro atoms. The fraction of sp³-hybridized carbons (Fsp3) is 0.364. The second-order valence-corrected chi connectivity index (χ2v) is 9.47. The second kappa shape index (κ2) is 8.78. The molecule has 1 unspecified atom stereocenters. The molecule has 2 aromatic rings. The number of nitrogens with one attached hydrogen (secondary N) is 1. The summed E-state index contributed by atoms with van der Waals surface area (Å²) in [6.45, 7) is 4.19. The molecule has 0 fully saturated rings. The van der Waals surface area contributed by atoms with Gasteiger partial charge in [0.15, 0.2) is 0 Å². The normalized spacial score (nSPS) is 16.0. The average Bonchev–Trinajstić information content (AvgIpc) is 2.89. The lowest BCUT2D eigenvalue weighted by Crippen LogP contribution is -2.33. The summed E-state index contributed by atoms with van der Waals surface area (Å²) in [6, 6.07) is 15.9. The standard InChI is InChI=1S/C22H26N2O4S/c1-16(2)15-19(17-9-4-3-5-10-17)23-21(25)13-8-14-24-22(26)18-11-6-7-12-20(18)29(24,27)28/h3-7,9-12,16,19H,8,13-15H2,1-2H3,(H,23,25). The van der Waals surface area contributed by atoms with Gasteiger partial charge in [-0.2, -0.15) is 0 Å². The van der Waals surface area contributed by atoms with Gasteiger partial charge < -0.3 is 5.32 Å². The molecule has 1 aliphatic rings. The third-order valence-corrected chi connectivity index (χ3v) is 6.76. The fourth-order valence-corrected chi connectivity index (χ4v) is 5.14. The van der Waals surface area contributed by atoms with E-state index in [9.17, 15) is 18.0 Å². The van der Waals surface area contributed by atoms with Gasteiger partial charge in [-0.05, 0) is 36.5 Å². The maximum absolute atomic E-state index is 12.6. The maximum Gasteiger partial charge on any atom is 0.269 e. The molecule has 154 valence electrons. The summed E-state index contributed by atoms with van der Waals surface area (Å²) in [4.78, 5) is 24.9. The van der Waals surface area contributed by atoms with Gasteiger partial charge in [0.2, 0.25) is 5.91 Å². The highest BCUT2D eigenvalue weighted by Gasteiger charge is 2.40. The van der Waals surface area contributed by atoms with E-state index in [4.69, 9.17) is 0 Å². The van der Waals surface area contributed by atoms with Gasteiger partial charge in [0.1, 0.15) is 4.90 Å². The van der Waals surface area contributed by atoms with Gasteiger partial charge in [0.25, 0.3) is 15.9 Å². The molecule has 0 aliphatic carbocycles. The van der Waals surface area contributed by atoms with Crippen molar-refractivity contribution in [3.05, 3.63) is 65.7 Å². The molecule has 0 saturated carbocycles.